The molecule has 2 rings (SSSR count). The van der Waals surface area contributed by atoms with E-state index < -0.39 is 11.8 Å². The molecule has 144 valence electrons. The molecule has 0 spiro atoms. The van der Waals surface area contributed by atoms with E-state index in [1.54, 1.807) is 37.4 Å². The van der Waals surface area contributed by atoms with Crippen molar-refractivity contribution in [3.8, 4) is 11.5 Å². The van der Waals surface area contributed by atoms with Gasteiger partial charge in [-0.25, -0.2) is 0 Å². The molecule has 27 heavy (non-hydrogen) atoms. The average Bonchev–Trinajstić information content (AvgIpc) is 2.69. The van der Waals surface area contributed by atoms with Crippen molar-refractivity contribution in [3.05, 3.63) is 58.1 Å². The number of methoxy groups -OCH3 is 2. The van der Waals surface area contributed by atoms with Crippen LogP contribution in [0.25, 0.3) is 0 Å². The summed E-state index contributed by atoms with van der Waals surface area (Å²) in [5.41, 5.74) is 6.01. The number of nitrogens with one attached hydrogen (secondary N) is 2. The molecule has 8 heteroatoms. The van der Waals surface area contributed by atoms with Gasteiger partial charge in [0, 0.05) is 22.8 Å². The topological polar surface area (TPSA) is 85.9 Å². The Bertz CT molecular complexity index is 826. The summed E-state index contributed by atoms with van der Waals surface area (Å²) in [4.78, 5) is 24.7. The zero-order valence-corrected chi connectivity index (χ0v) is 16.1. The standard InChI is InChI=1S/C19H21ClN2O5/c1-4-27-11-13-9-12(5-7-16(13)25-2)18(23)21-22-19(24)15-10-14(20)6-8-17(15)26-3/h5-10H,4,11H2,1-3H3,(H,21,23)(H,22,24). The summed E-state index contributed by atoms with van der Waals surface area (Å²) < 4.78 is 15.8. The highest BCUT2D eigenvalue weighted by atomic mass is 35.5. The molecule has 2 N–H and O–H groups in total. The quantitative estimate of drug-likeness (QED) is 0.707. The Kier molecular flexibility index (Phi) is 7.45. The number of hydrogen-bond acceptors (Lipinski definition) is 5. The van der Waals surface area contributed by atoms with Gasteiger partial charge in [-0.2, -0.15) is 0 Å². The van der Waals surface area contributed by atoms with E-state index in [1.165, 1.54) is 13.2 Å². The molecule has 0 unspecified atom stereocenters. The lowest BCUT2D eigenvalue weighted by atomic mass is 10.1. The second-order valence-corrected chi connectivity index (χ2v) is 5.85. The molecule has 0 aliphatic heterocycles. The first-order valence-corrected chi connectivity index (χ1v) is 8.56. The summed E-state index contributed by atoms with van der Waals surface area (Å²) in [6, 6.07) is 9.54. The molecule has 0 saturated heterocycles. The zero-order chi connectivity index (χ0) is 19.8. The van der Waals surface area contributed by atoms with Crippen LogP contribution in [-0.4, -0.2) is 32.6 Å². The molecule has 0 fully saturated rings. The van der Waals surface area contributed by atoms with Gasteiger partial charge in [0.25, 0.3) is 11.8 Å². The van der Waals surface area contributed by atoms with Crippen molar-refractivity contribution in [1.82, 2.24) is 10.9 Å². The molecule has 0 atom stereocenters. The largest absolute Gasteiger partial charge is 0.496 e. The number of benzene rings is 2. The highest BCUT2D eigenvalue weighted by Gasteiger charge is 2.15. The Hall–Kier alpha value is -2.77. The van der Waals surface area contributed by atoms with Crippen molar-refractivity contribution in [2.24, 2.45) is 0 Å². The first kappa shape index (κ1) is 20.5. The number of halogens is 1. The van der Waals surface area contributed by atoms with Crippen molar-refractivity contribution in [3.63, 3.8) is 0 Å². The summed E-state index contributed by atoms with van der Waals surface area (Å²) in [7, 11) is 2.99. The third kappa shape index (κ3) is 5.35. The summed E-state index contributed by atoms with van der Waals surface area (Å²) in [6.07, 6.45) is 0. The highest BCUT2D eigenvalue weighted by molar-refractivity contribution is 6.31. The first-order valence-electron chi connectivity index (χ1n) is 8.19. The second kappa shape index (κ2) is 9.80. The number of rotatable bonds is 7. The van der Waals surface area contributed by atoms with Crippen molar-refractivity contribution < 1.29 is 23.8 Å². The number of hydrazine groups is 1. The summed E-state index contributed by atoms with van der Waals surface area (Å²) in [6.45, 7) is 2.73. The zero-order valence-electron chi connectivity index (χ0n) is 15.3. The highest BCUT2D eigenvalue weighted by Crippen LogP contribution is 2.23. The number of carbonyl (C=O) groups excluding carboxylic acids is 2. The van der Waals surface area contributed by atoms with Crippen LogP contribution in [0.4, 0.5) is 0 Å². The van der Waals surface area contributed by atoms with Gasteiger partial charge < -0.3 is 14.2 Å². The Labute approximate surface area is 162 Å². The van der Waals surface area contributed by atoms with E-state index >= 15 is 0 Å². The first-order chi connectivity index (χ1) is 13.0. The second-order valence-electron chi connectivity index (χ2n) is 5.42. The minimum Gasteiger partial charge on any atom is -0.496 e. The Morgan fingerprint density at radius 2 is 1.63 bits per heavy atom. The molecule has 2 aromatic rings. The number of carbonyl (C=O) groups is 2. The number of amides is 2. The number of hydrogen-bond donors (Lipinski definition) is 2. The van der Waals surface area contributed by atoms with Gasteiger partial charge in [-0.05, 0) is 43.3 Å². The Morgan fingerprint density at radius 3 is 2.30 bits per heavy atom. The van der Waals surface area contributed by atoms with E-state index in [2.05, 4.69) is 10.9 Å². The van der Waals surface area contributed by atoms with Crippen LogP contribution in [0.1, 0.15) is 33.2 Å². The van der Waals surface area contributed by atoms with Gasteiger partial charge in [0.15, 0.2) is 0 Å². The van der Waals surface area contributed by atoms with Crippen LogP contribution in [0.3, 0.4) is 0 Å². The smallest absolute Gasteiger partial charge is 0.273 e. The lowest BCUT2D eigenvalue weighted by Gasteiger charge is -2.13. The van der Waals surface area contributed by atoms with Crippen LogP contribution in [0.15, 0.2) is 36.4 Å². The molecule has 0 aliphatic carbocycles. The van der Waals surface area contributed by atoms with Crippen molar-refractivity contribution in [1.29, 1.82) is 0 Å². The maximum absolute atomic E-state index is 12.4. The third-order valence-electron chi connectivity index (χ3n) is 3.70. The average molecular weight is 393 g/mol. The van der Waals surface area contributed by atoms with Gasteiger partial charge in [-0.15, -0.1) is 0 Å². The minimum absolute atomic E-state index is 0.206. The van der Waals surface area contributed by atoms with Crippen LogP contribution < -0.4 is 20.3 Å². The van der Waals surface area contributed by atoms with Crippen molar-refractivity contribution >= 4 is 23.4 Å². The third-order valence-corrected chi connectivity index (χ3v) is 3.94. The molecule has 2 aromatic carbocycles. The van der Waals surface area contributed by atoms with E-state index in [4.69, 9.17) is 25.8 Å². The minimum atomic E-state index is -0.550. The molecule has 0 aromatic heterocycles. The van der Waals surface area contributed by atoms with E-state index in [-0.39, 0.29) is 5.56 Å². The molecule has 0 aliphatic rings. The lowest BCUT2D eigenvalue weighted by Crippen LogP contribution is -2.41. The molecule has 2 amide bonds. The molecule has 7 nitrogen and oxygen atoms in total. The van der Waals surface area contributed by atoms with Gasteiger partial charge in [0.2, 0.25) is 0 Å². The van der Waals surface area contributed by atoms with Gasteiger partial charge in [-0.1, -0.05) is 11.6 Å². The lowest BCUT2D eigenvalue weighted by molar-refractivity contribution is 0.0844. The normalized spacial score (nSPS) is 10.2. The van der Waals surface area contributed by atoms with E-state index in [0.717, 1.165) is 5.56 Å². The van der Waals surface area contributed by atoms with Crippen molar-refractivity contribution in [2.45, 2.75) is 13.5 Å². The van der Waals surface area contributed by atoms with Crippen LogP contribution in [-0.2, 0) is 11.3 Å². The van der Waals surface area contributed by atoms with E-state index in [0.29, 0.717) is 35.3 Å². The number of ether oxygens (including phenoxy) is 3. The maximum Gasteiger partial charge on any atom is 0.273 e. The molecule has 0 heterocycles. The van der Waals surface area contributed by atoms with Gasteiger partial charge in [0.1, 0.15) is 11.5 Å². The summed E-state index contributed by atoms with van der Waals surface area (Å²) >= 11 is 5.92. The van der Waals surface area contributed by atoms with Crippen LogP contribution in [0.5, 0.6) is 11.5 Å². The van der Waals surface area contributed by atoms with Crippen LogP contribution in [0.2, 0.25) is 5.02 Å². The molecular formula is C19H21ClN2O5. The van der Waals surface area contributed by atoms with Crippen LogP contribution >= 0.6 is 11.6 Å². The summed E-state index contributed by atoms with van der Waals surface area (Å²) in [5.74, 6) is -0.0715. The van der Waals surface area contributed by atoms with E-state index in [9.17, 15) is 9.59 Å². The summed E-state index contributed by atoms with van der Waals surface area (Å²) in [5, 5.41) is 0.378. The molecule has 0 saturated carbocycles. The Morgan fingerprint density at radius 1 is 0.963 bits per heavy atom. The maximum atomic E-state index is 12.4. The molecular weight excluding hydrogens is 372 g/mol. The SMILES string of the molecule is CCOCc1cc(C(=O)NNC(=O)c2cc(Cl)ccc2OC)ccc1OC. The fraction of sp³-hybridized carbons (Fsp3) is 0.263. The molecule has 0 radical (unpaired) electrons. The predicted octanol–water partition coefficient (Wildman–Crippen LogP) is 2.97. The van der Waals surface area contributed by atoms with Gasteiger partial charge in [-0.3, -0.25) is 20.4 Å². The Balaban J connectivity index is 2.09. The van der Waals surface area contributed by atoms with E-state index in [1.807, 2.05) is 6.92 Å². The monoisotopic (exact) mass is 392 g/mol. The van der Waals surface area contributed by atoms with Crippen molar-refractivity contribution in [2.75, 3.05) is 20.8 Å². The molecule has 0 bridgehead atoms. The predicted molar refractivity (Wildman–Crippen MR) is 101 cm³/mol. The van der Waals surface area contributed by atoms with Gasteiger partial charge in [0.05, 0.1) is 26.4 Å². The van der Waals surface area contributed by atoms with Gasteiger partial charge >= 0.3 is 0 Å². The fourth-order valence-electron chi connectivity index (χ4n) is 2.36. The fourth-order valence-corrected chi connectivity index (χ4v) is 2.53. The van der Waals surface area contributed by atoms with Crippen LogP contribution in [0, 0.1) is 0 Å².